The summed E-state index contributed by atoms with van der Waals surface area (Å²) >= 11 is 5.97. The van der Waals surface area contributed by atoms with E-state index in [9.17, 15) is 4.79 Å². The predicted octanol–water partition coefficient (Wildman–Crippen LogP) is 2.80. The van der Waals surface area contributed by atoms with Crippen molar-refractivity contribution in [1.82, 2.24) is 9.78 Å². The molecular formula is C13H14ClN3O2. The molecule has 1 unspecified atom stereocenters. The maximum Gasteiger partial charge on any atom is 0.326 e. The molecule has 0 aliphatic rings. The Morgan fingerprint density at radius 2 is 2.37 bits per heavy atom. The van der Waals surface area contributed by atoms with Gasteiger partial charge in [0.05, 0.1) is 11.4 Å². The molecule has 0 saturated heterocycles. The van der Waals surface area contributed by atoms with E-state index in [-0.39, 0.29) is 0 Å². The Kier molecular flexibility index (Phi) is 4.06. The number of aliphatic carboxylic acids is 1. The van der Waals surface area contributed by atoms with Crippen molar-refractivity contribution in [3.8, 4) is 5.69 Å². The van der Waals surface area contributed by atoms with E-state index in [0.29, 0.717) is 17.1 Å². The van der Waals surface area contributed by atoms with E-state index in [1.54, 1.807) is 41.3 Å². The summed E-state index contributed by atoms with van der Waals surface area (Å²) in [6.07, 6.45) is 3.92. The van der Waals surface area contributed by atoms with Crippen LogP contribution in [0.15, 0.2) is 36.7 Å². The highest BCUT2D eigenvalue weighted by atomic mass is 35.5. The molecular weight excluding hydrogens is 266 g/mol. The van der Waals surface area contributed by atoms with Crippen molar-refractivity contribution in [3.05, 3.63) is 41.7 Å². The van der Waals surface area contributed by atoms with Crippen LogP contribution in [0, 0.1) is 0 Å². The summed E-state index contributed by atoms with van der Waals surface area (Å²) in [4.78, 5) is 11.1. The first-order chi connectivity index (χ1) is 9.11. The van der Waals surface area contributed by atoms with E-state index in [0.717, 1.165) is 5.69 Å². The topological polar surface area (TPSA) is 67.2 Å². The van der Waals surface area contributed by atoms with E-state index >= 15 is 0 Å². The molecule has 100 valence electrons. The Morgan fingerprint density at radius 3 is 2.95 bits per heavy atom. The van der Waals surface area contributed by atoms with Crippen molar-refractivity contribution in [2.75, 3.05) is 5.32 Å². The minimum absolute atomic E-state index is 0.473. The van der Waals surface area contributed by atoms with Gasteiger partial charge in [-0.15, -0.1) is 0 Å². The van der Waals surface area contributed by atoms with Crippen LogP contribution in [0.25, 0.3) is 5.69 Å². The van der Waals surface area contributed by atoms with Gasteiger partial charge in [-0.1, -0.05) is 18.5 Å². The SMILES string of the molecule is CCC(Nc1cc(Cl)ccc1-n1cccn1)C(=O)O. The van der Waals surface area contributed by atoms with Gasteiger partial charge in [-0.25, -0.2) is 9.48 Å². The van der Waals surface area contributed by atoms with Gasteiger partial charge < -0.3 is 10.4 Å². The molecule has 0 spiro atoms. The number of halogens is 1. The molecule has 0 aliphatic heterocycles. The third-order valence-corrected chi connectivity index (χ3v) is 2.98. The molecule has 0 radical (unpaired) electrons. The molecule has 6 heteroatoms. The number of nitrogens with one attached hydrogen (secondary N) is 1. The average Bonchev–Trinajstić information content (AvgIpc) is 2.89. The number of rotatable bonds is 5. The quantitative estimate of drug-likeness (QED) is 0.883. The number of anilines is 1. The van der Waals surface area contributed by atoms with Gasteiger partial charge in [-0.3, -0.25) is 0 Å². The van der Waals surface area contributed by atoms with Crippen molar-refractivity contribution in [1.29, 1.82) is 0 Å². The Morgan fingerprint density at radius 1 is 1.58 bits per heavy atom. The monoisotopic (exact) mass is 279 g/mol. The second kappa shape index (κ2) is 5.75. The average molecular weight is 280 g/mol. The molecule has 1 aromatic carbocycles. The van der Waals surface area contributed by atoms with Crippen LogP contribution in [0.4, 0.5) is 5.69 Å². The van der Waals surface area contributed by atoms with Gasteiger partial charge in [0.1, 0.15) is 6.04 Å². The normalized spacial score (nSPS) is 12.1. The predicted molar refractivity (Wildman–Crippen MR) is 73.9 cm³/mol. The van der Waals surface area contributed by atoms with Crippen LogP contribution in [-0.4, -0.2) is 26.9 Å². The van der Waals surface area contributed by atoms with Crippen LogP contribution >= 0.6 is 11.6 Å². The van der Waals surface area contributed by atoms with Gasteiger partial charge in [0.2, 0.25) is 0 Å². The second-order valence-electron chi connectivity index (χ2n) is 4.06. The molecule has 0 fully saturated rings. The summed E-state index contributed by atoms with van der Waals surface area (Å²) in [5.74, 6) is -0.895. The van der Waals surface area contributed by atoms with Gasteiger partial charge in [-0.2, -0.15) is 5.10 Å². The highest BCUT2D eigenvalue weighted by Gasteiger charge is 2.17. The standard InChI is InChI=1S/C13H14ClN3O2/c1-2-10(13(18)19)16-11-8-9(14)4-5-12(11)17-7-3-6-15-17/h3-8,10,16H,2H2,1H3,(H,18,19). The molecule has 2 aromatic rings. The number of carboxylic acids is 1. The lowest BCUT2D eigenvalue weighted by atomic mass is 10.2. The Hall–Kier alpha value is -2.01. The Bertz CT molecular complexity index is 569. The largest absolute Gasteiger partial charge is 0.480 e. The van der Waals surface area contributed by atoms with Gasteiger partial charge in [0.15, 0.2) is 0 Å². The van der Waals surface area contributed by atoms with Gasteiger partial charge in [-0.05, 0) is 30.7 Å². The van der Waals surface area contributed by atoms with Crippen LogP contribution in [0.2, 0.25) is 5.02 Å². The maximum atomic E-state index is 11.1. The van der Waals surface area contributed by atoms with Crippen LogP contribution in [0.3, 0.4) is 0 Å². The summed E-state index contributed by atoms with van der Waals surface area (Å²) in [5.41, 5.74) is 1.40. The molecule has 1 atom stereocenters. The summed E-state index contributed by atoms with van der Waals surface area (Å²) in [5, 5.41) is 16.8. The van der Waals surface area contributed by atoms with E-state index in [2.05, 4.69) is 10.4 Å². The van der Waals surface area contributed by atoms with Crippen LogP contribution in [0.5, 0.6) is 0 Å². The first kappa shape index (κ1) is 13.4. The molecule has 2 rings (SSSR count). The summed E-state index contributed by atoms with van der Waals surface area (Å²) in [6, 6.07) is 6.38. The fraction of sp³-hybridized carbons (Fsp3) is 0.231. The van der Waals surface area contributed by atoms with Gasteiger partial charge >= 0.3 is 5.97 Å². The number of hydrogen-bond acceptors (Lipinski definition) is 3. The molecule has 1 aromatic heterocycles. The summed E-state index contributed by atoms with van der Waals surface area (Å²) in [7, 11) is 0. The maximum absolute atomic E-state index is 11.1. The minimum Gasteiger partial charge on any atom is -0.480 e. The second-order valence-corrected chi connectivity index (χ2v) is 4.49. The fourth-order valence-corrected chi connectivity index (χ4v) is 1.93. The minimum atomic E-state index is -0.895. The third-order valence-electron chi connectivity index (χ3n) is 2.75. The molecule has 0 amide bonds. The first-order valence-electron chi connectivity index (χ1n) is 5.90. The lowest BCUT2D eigenvalue weighted by Gasteiger charge is -2.17. The smallest absolute Gasteiger partial charge is 0.326 e. The van der Waals surface area contributed by atoms with Gasteiger partial charge in [0, 0.05) is 17.4 Å². The van der Waals surface area contributed by atoms with Crippen LogP contribution in [0.1, 0.15) is 13.3 Å². The van der Waals surface area contributed by atoms with Crippen molar-refractivity contribution in [3.63, 3.8) is 0 Å². The van der Waals surface area contributed by atoms with E-state index in [1.807, 2.05) is 6.92 Å². The highest BCUT2D eigenvalue weighted by Crippen LogP contribution is 2.25. The zero-order valence-electron chi connectivity index (χ0n) is 10.4. The number of benzene rings is 1. The van der Waals surface area contributed by atoms with E-state index < -0.39 is 12.0 Å². The fourth-order valence-electron chi connectivity index (χ4n) is 1.76. The molecule has 0 bridgehead atoms. The molecule has 5 nitrogen and oxygen atoms in total. The number of carbonyl (C=O) groups is 1. The number of aromatic nitrogens is 2. The van der Waals surface area contributed by atoms with Crippen molar-refractivity contribution in [2.24, 2.45) is 0 Å². The first-order valence-corrected chi connectivity index (χ1v) is 6.28. The molecule has 0 saturated carbocycles. The zero-order valence-corrected chi connectivity index (χ0v) is 11.1. The third kappa shape index (κ3) is 3.06. The number of hydrogen-bond donors (Lipinski definition) is 2. The van der Waals surface area contributed by atoms with Crippen LogP contribution < -0.4 is 5.32 Å². The van der Waals surface area contributed by atoms with Crippen LogP contribution in [-0.2, 0) is 4.79 Å². The number of nitrogens with zero attached hydrogens (tertiary/aromatic N) is 2. The van der Waals surface area contributed by atoms with Crippen molar-refractivity contribution >= 4 is 23.3 Å². The van der Waals surface area contributed by atoms with Gasteiger partial charge in [0.25, 0.3) is 0 Å². The number of carboxylic acid groups (broad SMARTS) is 1. The Balaban J connectivity index is 2.38. The summed E-state index contributed by atoms with van der Waals surface area (Å²) in [6.45, 7) is 1.81. The molecule has 1 heterocycles. The zero-order chi connectivity index (χ0) is 13.8. The van der Waals surface area contributed by atoms with E-state index in [4.69, 9.17) is 16.7 Å². The lowest BCUT2D eigenvalue weighted by molar-refractivity contribution is -0.137. The lowest BCUT2D eigenvalue weighted by Crippen LogP contribution is -2.28. The molecule has 2 N–H and O–H groups in total. The highest BCUT2D eigenvalue weighted by molar-refractivity contribution is 6.31. The van der Waals surface area contributed by atoms with Crippen molar-refractivity contribution in [2.45, 2.75) is 19.4 Å². The van der Waals surface area contributed by atoms with E-state index in [1.165, 1.54) is 0 Å². The molecule has 0 aliphatic carbocycles. The summed E-state index contributed by atoms with van der Waals surface area (Å²) < 4.78 is 1.66. The Labute approximate surface area is 115 Å². The molecule has 19 heavy (non-hydrogen) atoms. The van der Waals surface area contributed by atoms with Crippen molar-refractivity contribution < 1.29 is 9.90 Å².